The summed E-state index contributed by atoms with van der Waals surface area (Å²) >= 11 is 0. The quantitative estimate of drug-likeness (QED) is 0.510. The number of fused-ring (bicyclic) bond motifs is 1. The Balaban J connectivity index is 1.91. The van der Waals surface area contributed by atoms with Crippen molar-refractivity contribution in [1.29, 1.82) is 10.8 Å². The van der Waals surface area contributed by atoms with Gasteiger partial charge in [-0.25, -0.2) is 4.98 Å². The predicted molar refractivity (Wildman–Crippen MR) is 111 cm³/mol. The Morgan fingerprint density at radius 1 is 1.36 bits per heavy atom. The minimum absolute atomic E-state index is 0.0252. The van der Waals surface area contributed by atoms with Crippen LogP contribution in [0.5, 0.6) is 0 Å². The van der Waals surface area contributed by atoms with E-state index < -0.39 is 0 Å². The Bertz CT molecular complexity index is 910. The molecule has 1 amide bonds. The number of nitrogens with zero attached hydrogens (tertiary/aromatic N) is 3. The summed E-state index contributed by atoms with van der Waals surface area (Å²) in [5.74, 6) is 0.606. The van der Waals surface area contributed by atoms with Gasteiger partial charge >= 0.3 is 0 Å². The fourth-order valence-electron chi connectivity index (χ4n) is 3.38. The van der Waals surface area contributed by atoms with E-state index in [9.17, 15) is 4.79 Å². The molecular formula is C21H26N6O. The van der Waals surface area contributed by atoms with Crippen LogP contribution in [-0.4, -0.2) is 41.1 Å². The first-order valence-electron chi connectivity index (χ1n) is 9.43. The van der Waals surface area contributed by atoms with Gasteiger partial charge in [-0.2, -0.15) is 0 Å². The molecule has 0 bridgehead atoms. The Hall–Kier alpha value is -3.06. The zero-order valence-electron chi connectivity index (χ0n) is 16.5. The molecular weight excluding hydrogens is 352 g/mol. The molecule has 7 nitrogen and oxygen atoms in total. The van der Waals surface area contributed by atoms with E-state index in [2.05, 4.69) is 10.3 Å². The van der Waals surface area contributed by atoms with Gasteiger partial charge in [0.15, 0.2) is 5.84 Å². The fourth-order valence-corrected chi connectivity index (χ4v) is 3.38. The Labute approximate surface area is 165 Å². The van der Waals surface area contributed by atoms with Crippen molar-refractivity contribution in [3.63, 3.8) is 0 Å². The summed E-state index contributed by atoms with van der Waals surface area (Å²) in [7, 11) is 1.89. The van der Waals surface area contributed by atoms with Crippen molar-refractivity contribution < 1.29 is 4.79 Å². The molecule has 0 spiro atoms. The fraction of sp³-hybridized carbons (Fsp3) is 0.333. The summed E-state index contributed by atoms with van der Waals surface area (Å²) in [4.78, 5) is 20.7. The summed E-state index contributed by atoms with van der Waals surface area (Å²) < 4.78 is 0. The lowest BCUT2D eigenvalue weighted by Crippen LogP contribution is -2.37. The van der Waals surface area contributed by atoms with Crippen LogP contribution in [-0.2, 0) is 13.1 Å². The predicted octanol–water partition coefficient (Wildman–Crippen LogP) is 2.99. The van der Waals surface area contributed by atoms with Gasteiger partial charge in [0.25, 0.3) is 5.91 Å². The Morgan fingerprint density at radius 2 is 2.11 bits per heavy atom. The van der Waals surface area contributed by atoms with E-state index in [1.165, 1.54) is 0 Å². The highest BCUT2D eigenvalue weighted by Gasteiger charge is 2.31. The second-order valence-electron chi connectivity index (χ2n) is 6.89. The molecule has 1 atom stereocenters. The number of carbonyl (C=O) groups is 1. The van der Waals surface area contributed by atoms with Gasteiger partial charge in [0, 0.05) is 18.2 Å². The van der Waals surface area contributed by atoms with Crippen LogP contribution >= 0.6 is 0 Å². The molecule has 1 aromatic heterocycles. The molecule has 2 heterocycles. The van der Waals surface area contributed by atoms with Crippen molar-refractivity contribution in [3.8, 4) is 0 Å². The monoisotopic (exact) mass is 378 g/mol. The van der Waals surface area contributed by atoms with E-state index in [1.807, 2.05) is 39.1 Å². The van der Waals surface area contributed by atoms with Crippen LogP contribution in [0.4, 0.5) is 5.82 Å². The average molecular weight is 378 g/mol. The SMILES string of the molecule is CCC(C)N(C=N)C(=N)c1cccc(N2Cc3c(CNC)cccc3C2=O)n1. The molecule has 2 aromatic rings. The number of amides is 1. The summed E-state index contributed by atoms with van der Waals surface area (Å²) in [5, 5.41) is 19.2. The van der Waals surface area contributed by atoms with Crippen LogP contribution < -0.4 is 10.2 Å². The summed E-state index contributed by atoms with van der Waals surface area (Å²) in [5.41, 5.74) is 3.27. The van der Waals surface area contributed by atoms with Crippen molar-refractivity contribution in [2.24, 2.45) is 0 Å². The van der Waals surface area contributed by atoms with Gasteiger partial charge in [-0.05, 0) is 49.7 Å². The molecule has 146 valence electrons. The Morgan fingerprint density at radius 3 is 2.79 bits per heavy atom. The summed E-state index contributed by atoms with van der Waals surface area (Å²) in [6.45, 7) is 5.15. The smallest absolute Gasteiger partial charge is 0.260 e. The lowest BCUT2D eigenvalue weighted by Gasteiger charge is -2.26. The number of pyridine rings is 1. The number of aromatic nitrogens is 1. The first kappa shape index (κ1) is 19.7. The molecule has 7 heteroatoms. The zero-order chi connectivity index (χ0) is 20.3. The third-order valence-electron chi connectivity index (χ3n) is 5.15. The van der Waals surface area contributed by atoms with Gasteiger partial charge in [0.05, 0.1) is 12.9 Å². The minimum atomic E-state index is -0.0741. The highest BCUT2D eigenvalue weighted by atomic mass is 16.2. The number of anilines is 1. The number of carbonyl (C=O) groups excluding carboxylic acids is 1. The van der Waals surface area contributed by atoms with Crippen LogP contribution in [0, 0.1) is 10.8 Å². The standard InChI is InChI=1S/C21H26N6O/c1-4-14(2)27(13-22)20(23)18-9-6-10-19(25-18)26-12-17-15(11-24-3)7-5-8-16(17)21(26)28/h5-10,13-14,22-24H,4,11-12H2,1-3H3. The van der Waals surface area contributed by atoms with Gasteiger partial charge in [-0.3, -0.25) is 20.5 Å². The molecule has 3 N–H and O–H groups in total. The topological polar surface area (TPSA) is 96.2 Å². The summed E-state index contributed by atoms with van der Waals surface area (Å²) in [6, 6.07) is 11.1. The minimum Gasteiger partial charge on any atom is -0.316 e. The number of hydrogen-bond acceptors (Lipinski definition) is 5. The molecule has 0 fully saturated rings. The molecule has 0 saturated carbocycles. The van der Waals surface area contributed by atoms with Crippen LogP contribution in [0.2, 0.25) is 0 Å². The number of rotatable bonds is 7. The first-order valence-corrected chi connectivity index (χ1v) is 9.43. The van der Waals surface area contributed by atoms with Crippen molar-refractivity contribution >= 4 is 23.9 Å². The lowest BCUT2D eigenvalue weighted by molar-refractivity contribution is 0.0996. The van der Waals surface area contributed by atoms with E-state index in [0.29, 0.717) is 30.2 Å². The molecule has 28 heavy (non-hydrogen) atoms. The maximum atomic E-state index is 12.9. The highest BCUT2D eigenvalue weighted by Crippen LogP contribution is 2.29. The van der Waals surface area contributed by atoms with Gasteiger partial charge in [-0.15, -0.1) is 0 Å². The second-order valence-corrected chi connectivity index (χ2v) is 6.89. The van der Waals surface area contributed by atoms with Crippen molar-refractivity contribution in [1.82, 2.24) is 15.2 Å². The first-order chi connectivity index (χ1) is 13.5. The van der Waals surface area contributed by atoms with E-state index in [4.69, 9.17) is 10.8 Å². The molecule has 1 aromatic carbocycles. The van der Waals surface area contributed by atoms with Gasteiger partial charge in [0.1, 0.15) is 11.5 Å². The van der Waals surface area contributed by atoms with E-state index in [1.54, 1.807) is 28.0 Å². The van der Waals surface area contributed by atoms with E-state index >= 15 is 0 Å². The third-order valence-corrected chi connectivity index (χ3v) is 5.15. The number of amidine groups is 1. The van der Waals surface area contributed by atoms with Gasteiger partial charge < -0.3 is 10.2 Å². The van der Waals surface area contributed by atoms with Crippen molar-refractivity contribution in [2.75, 3.05) is 11.9 Å². The Kier molecular flexibility index (Phi) is 5.84. The number of nitrogens with one attached hydrogen (secondary N) is 3. The van der Waals surface area contributed by atoms with Crippen molar-refractivity contribution in [2.45, 2.75) is 39.4 Å². The molecule has 3 rings (SSSR count). The van der Waals surface area contributed by atoms with E-state index in [0.717, 1.165) is 23.9 Å². The normalized spacial score (nSPS) is 14.0. The highest BCUT2D eigenvalue weighted by molar-refractivity contribution is 6.10. The van der Waals surface area contributed by atoms with Crippen LogP contribution in [0.3, 0.4) is 0 Å². The maximum absolute atomic E-state index is 12.9. The average Bonchev–Trinajstić information content (AvgIpc) is 3.06. The molecule has 0 aliphatic carbocycles. The second kappa shape index (κ2) is 8.31. The van der Waals surface area contributed by atoms with Gasteiger partial charge in [-0.1, -0.05) is 25.1 Å². The third kappa shape index (κ3) is 3.53. The molecule has 1 unspecified atom stereocenters. The van der Waals surface area contributed by atoms with Crippen LogP contribution in [0.1, 0.15) is 47.4 Å². The van der Waals surface area contributed by atoms with Crippen LogP contribution in [0.15, 0.2) is 36.4 Å². The summed E-state index contributed by atoms with van der Waals surface area (Å²) in [6.07, 6.45) is 1.97. The maximum Gasteiger partial charge on any atom is 0.260 e. The largest absolute Gasteiger partial charge is 0.316 e. The lowest BCUT2D eigenvalue weighted by atomic mass is 10.0. The zero-order valence-corrected chi connectivity index (χ0v) is 16.5. The number of benzene rings is 1. The molecule has 1 aliphatic heterocycles. The molecule has 0 radical (unpaired) electrons. The van der Waals surface area contributed by atoms with E-state index in [-0.39, 0.29) is 17.8 Å². The van der Waals surface area contributed by atoms with Gasteiger partial charge in [0.2, 0.25) is 0 Å². The molecule has 1 aliphatic rings. The molecule has 0 saturated heterocycles. The van der Waals surface area contributed by atoms with Crippen LogP contribution in [0.25, 0.3) is 0 Å². The number of hydrogen-bond donors (Lipinski definition) is 3. The van der Waals surface area contributed by atoms with Crippen molar-refractivity contribution in [3.05, 3.63) is 58.8 Å².